The third-order valence-corrected chi connectivity index (χ3v) is 4.99. The molecule has 0 bridgehead atoms. The lowest BCUT2D eigenvalue weighted by atomic mass is 9.97. The third kappa shape index (κ3) is 6.05. The summed E-state index contributed by atoms with van der Waals surface area (Å²) in [5.74, 6) is -0.562. The Morgan fingerprint density at radius 2 is 1.72 bits per heavy atom. The van der Waals surface area contributed by atoms with Gasteiger partial charge in [-0.25, -0.2) is 4.39 Å². The molecule has 0 saturated heterocycles. The predicted molar refractivity (Wildman–Crippen MR) is 127 cm³/mol. The fourth-order valence-electron chi connectivity index (χ4n) is 3.41. The third-order valence-electron chi connectivity index (χ3n) is 4.99. The Labute approximate surface area is 188 Å². The van der Waals surface area contributed by atoms with Gasteiger partial charge >= 0.3 is 0 Å². The largest absolute Gasteiger partial charge is 0.508 e. The molecule has 4 nitrogen and oxygen atoms in total. The molecule has 5 heteroatoms. The van der Waals surface area contributed by atoms with Gasteiger partial charge in [-0.05, 0) is 75.5 Å². The van der Waals surface area contributed by atoms with Gasteiger partial charge in [0.05, 0.1) is 5.56 Å². The summed E-state index contributed by atoms with van der Waals surface area (Å²) in [7, 11) is 3.90. The van der Waals surface area contributed by atoms with E-state index in [0.29, 0.717) is 24.5 Å². The van der Waals surface area contributed by atoms with Crippen molar-refractivity contribution in [2.45, 2.75) is 13.8 Å². The lowest BCUT2D eigenvalue weighted by molar-refractivity contribution is 0.104. The molecule has 166 valence electrons. The molecule has 0 spiro atoms. The number of phenols is 1. The molecule has 0 radical (unpaired) electrons. The van der Waals surface area contributed by atoms with E-state index in [1.807, 2.05) is 51.0 Å². The maximum Gasteiger partial charge on any atom is 0.189 e. The molecule has 3 aromatic rings. The molecule has 0 atom stereocenters. The zero-order chi connectivity index (χ0) is 23.3. The van der Waals surface area contributed by atoms with E-state index < -0.39 is 5.82 Å². The number of likely N-dealkylation sites (N-methyl/N-ethyl adjacent to an activating group) is 1. The molecular formula is C27H28FNO3. The van der Waals surface area contributed by atoms with Crippen LogP contribution in [-0.4, -0.2) is 43.0 Å². The first-order valence-corrected chi connectivity index (χ1v) is 10.4. The topological polar surface area (TPSA) is 49.8 Å². The Bertz CT molecular complexity index is 1130. The summed E-state index contributed by atoms with van der Waals surface area (Å²) >= 11 is 0. The molecule has 3 aromatic carbocycles. The Morgan fingerprint density at radius 1 is 1.00 bits per heavy atom. The monoisotopic (exact) mass is 433 g/mol. The van der Waals surface area contributed by atoms with Gasteiger partial charge in [-0.2, -0.15) is 0 Å². The maximum absolute atomic E-state index is 14.0. The van der Waals surface area contributed by atoms with Crippen LogP contribution in [0.2, 0.25) is 0 Å². The van der Waals surface area contributed by atoms with Gasteiger partial charge in [0.25, 0.3) is 0 Å². The lowest BCUT2D eigenvalue weighted by Crippen LogP contribution is -2.20. The van der Waals surface area contributed by atoms with Crippen molar-refractivity contribution in [1.82, 2.24) is 4.90 Å². The van der Waals surface area contributed by atoms with Crippen LogP contribution in [0.15, 0.2) is 60.7 Å². The normalized spacial score (nSPS) is 11.3. The van der Waals surface area contributed by atoms with Crippen molar-refractivity contribution in [2.75, 3.05) is 27.2 Å². The zero-order valence-corrected chi connectivity index (χ0v) is 18.9. The Morgan fingerprint density at radius 3 is 2.38 bits per heavy atom. The minimum Gasteiger partial charge on any atom is -0.508 e. The van der Waals surface area contributed by atoms with Crippen molar-refractivity contribution in [3.8, 4) is 22.6 Å². The van der Waals surface area contributed by atoms with Crippen molar-refractivity contribution in [1.29, 1.82) is 0 Å². The quantitative estimate of drug-likeness (QED) is 0.368. The molecule has 0 saturated carbocycles. The number of ketones is 1. The summed E-state index contributed by atoms with van der Waals surface area (Å²) in [6, 6.07) is 15.6. The summed E-state index contributed by atoms with van der Waals surface area (Å²) in [6.45, 7) is 5.22. The van der Waals surface area contributed by atoms with Crippen LogP contribution < -0.4 is 4.74 Å². The van der Waals surface area contributed by atoms with E-state index in [9.17, 15) is 14.3 Å². The van der Waals surface area contributed by atoms with Crippen LogP contribution in [0.3, 0.4) is 0 Å². The highest BCUT2D eigenvalue weighted by Gasteiger charge is 2.14. The van der Waals surface area contributed by atoms with Crippen LogP contribution in [0.1, 0.15) is 27.0 Å². The number of rotatable bonds is 8. The number of nitrogens with zero attached hydrogens (tertiary/aromatic N) is 1. The first kappa shape index (κ1) is 23.2. The average Bonchev–Trinajstić information content (AvgIpc) is 2.72. The Hall–Kier alpha value is -3.44. The van der Waals surface area contributed by atoms with E-state index in [1.54, 1.807) is 0 Å². The van der Waals surface area contributed by atoms with Gasteiger partial charge in [-0.15, -0.1) is 0 Å². The van der Waals surface area contributed by atoms with Crippen LogP contribution in [0.4, 0.5) is 4.39 Å². The standard InChI is InChI=1S/C27H28FNO3/c1-18-13-19(2)15-22(14-18)21-7-10-27(32-12-11-29(3)4)24(16-21)26(31)9-6-20-5-8-23(30)17-25(20)28/h5-10,13-17,30H,11-12H2,1-4H3. The number of hydrogen-bond acceptors (Lipinski definition) is 4. The van der Waals surface area contributed by atoms with E-state index in [-0.39, 0.29) is 17.1 Å². The Balaban J connectivity index is 1.96. The maximum atomic E-state index is 14.0. The minimum absolute atomic E-state index is 0.163. The van der Waals surface area contributed by atoms with Gasteiger partial charge in [0.15, 0.2) is 5.78 Å². The molecule has 3 rings (SSSR count). The van der Waals surface area contributed by atoms with E-state index in [4.69, 9.17) is 4.74 Å². The van der Waals surface area contributed by atoms with E-state index in [1.165, 1.54) is 24.3 Å². The van der Waals surface area contributed by atoms with Crippen molar-refractivity contribution < 1.29 is 19.0 Å². The number of carbonyl (C=O) groups is 1. The van der Waals surface area contributed by atoms with Gasteiger partial charge < -0.3 is 14.7 Å². The summed E-state index contributed by atoms with van der Waals surface area (Å²) in [5, 5.41) is 9.38. The number of aryl methyl sites for hydroxylation is 2. The Kier molecular flexibility index (Phi) is 7.44. The molecule has 1 N–H and O–H groups in total. The number of hydrogen-bond donors (Lipinski definition) is 1. The highest BCUT2D eigenvalue weighted by Crippen LogP contribution is 2.29. The zero-order valence-electron chi connectivity index (χ0n) is 18.9. The molecule has 0 heterocycles. The smallest absolute Gasteiger partial charge is 0.189 e. The second-order valence-corrected chi connectivity index (χ2v) is 8.14. The summed E-state index contributed by atoms with van der Waals surface area (Å²) in [4.78, 5) is 15.1. The summed E-state index contributed by atoms with van der Waals surface area (Å²) in [5.41, 5.74) is 4.84. The van der Waals surface area contributed by atoms with Crippen molar-refractivity contribution in [3.63, 3.8) is 0 Å². The van der Waals surface area contributed by atoms with Crippen LogP contribution in [0, 0.1) is 19.7 Å². The first-order valence-electron chi connectivity index (χ1n) is 10.4. The number of allylic oxidation sites excluding steroid dienone is 1. The molecule has 0 unspecified atom stereocenters. The molecule has 32 heavy (non-hydrogen) atoms. The predicted octanol–water partition coefficient (Wildman–Crippen LogP) is 5.65. The summed E-state index contributed by atoms with van der Waals surface area (Å²) in [6.07, 6.45) is 2.74. The molecule has 0 aliphatic rings. The van der Waals surface area contributed by atoms with Gasteiger partial charge in [-0.1, -0.05) is 35.4 Å². The summed E-state index contributed by atoms with van der Waals surface area (Å²) < 4.78 is 19.9. The first-order chi connectivity index (χ1) is 15.2. The van der Waals surface area contributed by atoms with Crippen LogP contribution in [0.25, 0.3) is 17.2 Å². The van der Waals surface area contributed by atoms with E-state index in [2.05, 4.69) is 18.2 Å². The number of benzene rings is 3. The number of ether oxygens (including phenoxy) is 1. The van der Waals surface area contributed by atoms with E-state index in [0.717, 1.165) is 28.3 Å². The fourth-order valence-corrected chi connectivity index (χ4v) is 3.41. The fraction of sp³-hybridized carbons (Fsp3) is 0.222. The van der Waals surface area contributed by atoms with Crippen LogP contribution in [-0.2, 0) is 0 Å². The lowest BCUT2D eigenvalue weighted by Gasteiger charge is -2.15. The number of aromatic hydroxyl groups is 1. The van der Waals surface area contributed by atoms with Crippen LogP contribution >= 0.6 is 0 Å². The highest BCUT2D eigenvalue weighted by molar-refractivity contribution is 6.09. The van der Waals surface area contributed by atoms with Crippen molar-refractivity contribution >= 4 is 11.9 Å². The van der Waals surface area contributed by atoms with Crippen LogP contribution in [0.5, 0.6) is 11.5 Å². The van der Waals surface area contributed by atoms with Crippen molar-refractivity contribution in [3.05, 3.63) is 88.7 Å². The van der Waals surface area contributed by atoms with Crippen molar-refractivity contribution in [2.24, 2.45) is 0 Å². The average molecular weight is 434 g/mol. The second kappa shape index (κ2) is 10.2. The number of halogens is 1. The number of carbonyl (C=O) groups excluding carboxylic acids is 1. The van der Waals surface area contributed by atoms with Gasteiger partial charge in [-0.3, -0.25) is 4.79 Å². The molecule has 0 aliphatic carbocycles. The second-order valence-electron chi connectivity index (χ2n) is 8.14. The number of phenolic OH excluding ortho intramolecular Hbond substituents is 1. The van der Waals surface area contributed by atoms with E-state index >= 15 is 0 Å². The molecular weight excluding hydrogens is 405 g/mol. The van der Waals surface area contributed by atoms with Gasteiger partial charge in [0.1, 0.15) is 23.9 Å². The molecule has 0 aromatic heterocycles. The minimum atomic E-state index is -0.597. The SMILES string of the molecule is Cc1cc(C)cc(-c2ccc(OCCN(C)C)c(C(=O)C=Cc3ccc(O)cc3F)c2)c1. The molecule has 0 aliphatic heterocycles. The molecule has 0 amide bonds. The van der Waals surface area contributed by atoms with Gasteiger partial charge in [0, 0.05) is 18.2 Å². The van der Waals surface area contributed by atoms with Gasteiger partial charge in [0.2, 0.25) is 0 Å². The molecule has 0 fully saturated rings. The highest BCUT2D eigenvalue weighted by atomic mass is 19.1.